The fourth-order valence-corrected chi connectivity index (χ4v) is 0.809. The first-order valence-corrected chi connectivity index (χ1v) is 3.88. The van der Waals surface area contributed by atoms with Gasteiger partial charge in [0.15, 0.2) is 5.82 Å². The van der Waals surface area contributed by atoms with E-state index in [2.05, 4.69) is 17.1 Å². The maximum atomic E-state index is 5.30. The lowest BCUT2D eigenvalue weighted by molar-refractivity contribution is 0.374. The van der Waals surface area contributed by atoms with Gasteiger partial charge < -0.3 is 10.3 Å². The third-order valence-electron chi connectivity index (χ3n) is 1.44. The van der Waals surface area contributed by atoms with Gasteiger partial charge in [0.2, 0.25) is 5.89 Å². The molecular weight excluding hydrogens is 142 g/mol. The third-order valence-corrected chi connectivity index (χ3v) is 1.44. The lowest BCUT2D eigenvalue weighted by atomic mass is 10.2. The van der Waals surface area contributed by atoms with E-state index in [4.69, 9.17) is 10.3 Å². The predicted molar refractivity (Wildman–Crippen MR) is 40.8 cm³/mol. The van der Waals surface area contributed by atoms with Crippen molar-refractivity contribution < 1.29 is 4.52 Å². The first kappa shape index (κ1) is 8.20. The van der Waals surface area contributed by atoms with E-state index in [-0.39, 0.29) is 0 Å². The minimum atomic E-state index is 0.332. The van der Waals surface area contributed by atoms with Crippen molar-refractivity contribution in [2.24, 2.45) is 5.73 Å². The fourth-order valence-electron chi connectivity index (χ4n) is 0.809. The van der Waals surface area contributed by atoms with Crippen molar-refractivity contribution in [3.8, 4) is 0 Å². The molecule has 11 heavy (non-hydrogen) atoms. The molecule has 1 aromatic heterocycles. The summed E-state index contributed by atoms with van der Waals surface area (Å²) in [5, 5.41) is 3.76. The summed E-state index contributed by atoms with van der Waals surface area (Å²) in [6.45, 7) is 2.46. The van der Waals surface area contributed by atoms with Crippen molar-refractivity contribution in [3.05, 3.63) is 11.7 Å². The molecule has 0 amide bonds. The van der Waals surface area contributed by atoms with Gasteiger partial charge in [-0.15, -0.1) is 0 Å². The highest BCUT2D eigenvalue weighted by Crippen LogP contribution is 2.00. The van der Waals surface area contributed by atoms with Gasteiger partial charge >= 0.3 is 0 Å². The molecular formula is C7H13N3O. The maximum Gasteiger partial charge on any atom is 0.240 e. The summed E-state index contributed by atoms with van der Waals surface area (Å²) in [6.07, 6.45) is 3.13. The van der Waals surface area contributed by atoms with Gasteiger partial charge in [-0.1, -0.05) is 18.5 Å². The van der Waals surface area contributed by atoms with Crippen LogP contribution in [-0.4, -0.2) is 10.1 Å². The van der Waals surface area contributed by atoms with Gasteiger partial charge in [-0.05, 0) is 6.42 Å². The molecule has 2 N–H and O–H groups in total. The SMILES string of the molecule is CCCCc1noc(CN)n1. The Morgan fingerprint density at radius 1 is 1.55 bits per heavy atom. The fraction of sp³-hybridized carbons (Fsp3) is 0.714. The van der Waals surface area contributed by atoms with Crippen molar-refractivity contribution in [1.29, 1.82) is 0 Å². The topological polar surface area (TPSA) is 64.9 Å². The Morgan fingerprint density at radius 3 is 2.91 bits per heavy atom. The van der Waals surface area contributed by atoms with Gasteiger partial charge in [0.1, 0.15) is 0 Å². The number of hydrogen-bond acceptors (Lipinski definition) is 4. The number of unbranched alkanes of at least 4 members (excludes halogenated alkanes) is 1. The van der Waals surface area contributed by atoms with E-state index in [1.807, 2.05) is 0 Å². The van der Waals surface area contributed by atoms with E-state index in [0.29, 0.717) is 12.4 Å². The molecule has 4 heteroatoms. The zero-order valence-electron chi connectivity index (χ0n) is 6.71. The quantitative estimate of drug-likeness (QED) is 0.700. The molecule has 0 aromatic carbocycles. The van der Waals surface area contributed by atoms with Crippen molar-refractivity contribution in [2.45, 2.75) is 32.7 Å². The second-order valence-corrected chi connectivity index (χ2v) is 2.41. The summed E-state index contributed by atoms with van der Waals surface area (Å²) in [4.78, 5) is 4.06. The molecule has 0 radical (unpaired) electrons. The molecule has 1 heterocycles. The van der Waals surface area contributed by atoms with Crippen LogP contribution in [0, 0.1) is 0 Å². The Bertz CT molecular complexity index is 209. The highest BCUT2D eigenvalue weighted by atomic mass is 16.5. The Hall–Kier alpha value is -0.900. The van der Waals surface area contributed by atoms with Crippen molar-refractivity contribution >= 4 is 0 Å². The first-order chi connectivity index (χ1) is 5.36. The highest BCUT2D eigenvalue weighted by molar-refractivity contribution is 4.85. The molecule has 0 spiro atoms. The van der Waals surface area contributed by atoms with E-state index in [0.717, 1.165) is 25.1 Å². The average Bonchev–Trinajstić information content (AvgIpc) is 2.48. The smallest absolute Gasteiger partial charge is 0.240 e. The summed E-state index contributed by atoms with van der Waals surface area (Å²) in [5.74, 6) is 1.29. The minimum Gasteiger partial charge on any atom is -0.338 e. The monoisotopic (exact) mass is 155 g/mol. The van der Waals surface area contributed by atoms with E-state index >= 15 is 0 Å². The molecule has 62 valence electrons. The van der Waals surface area contributed by atoms with E-state index in [1.54, 1.807) is 0 Å². The number of nitrogens with zero attached hydrogens (tertiary/aromatic N) is 2. The van der Waals surface area contributed by atoms with Crippen LogP contribution in [0.1, 0.15) is 31.5 Å². The number of aromatic nitrogens is 2. The van der Waals surface area contributed by atoms with E-state index < -0.39 is 0 Å². The molecule has 0 saturated carbocycles. The average molecular weight is 155 g/mol. The number of hydrogen-bond donors (Lipinski definition) is 1. The van der Waals surface area contributed by atoms with E-state index in [1.165, 1.54) is 0 Å². The van der Waals surface area contributed by atoms with Crippen LogP contribution < -0.4 is 5.73 Å². The van der Waals surface area contributed by atoms with Crippen LogP contribution >= 0.6 is 0 Å². The van der Waals surface area contributed by atoms with Gasteiger partial charge in [0.25, 0.3) is 0 Å². The summed E-state index contributed by atoms with van der Waals surface area (Å²) >= 11 is 0. The molecule has 0 aliphatic heterocycles. The zero-order chi connectivity index (χ0) is 8.10. The lowest BCUT2D eigenvalue weighted by Gasteiger charge is -1.87. The maximum absolute atomic E-state index is 5.30. The van der Waals surface area contributed by atoms with Gasteiger partial charge in [-0.25, -0.2) is 0 Å². The Balaban J connectivity index is 2.44. The Labute approximate surface area is 65.8 Å². The summed E-state index contributed by atoms with van der Waals surface area (Å²) in [5.41, 5.74) is 5.30. The van der Waals surface area contributed by atoms with Crippen molar-refractivity contribution in [2.75, 3.05) is 0 Å². The van der Waals surface area contributed by atoms with Crippen LogP contribution in [0.2, 0.25) is 0 Å². The zero-order valence-corrected chi connectivity index (χ0v) is 6.71. The molecule has 1 rings (SSSR count). The molecule has 0 bridgehead atoms. The molecule has 0 unspecified atom stereocenters. The number of aryl methyl sites for hydroxylation is 1. The van der Waals surface area contributed by atoms with Gasteiger partial charge in [0, 0.05) is 6.42 Å². The molecule has 0 saturated heterocycles. The lowest BCUT2D eigenvalue weighted by Crippen LogP contribution is -1.96. The summed E-state index contributed by atoms with van der Waals surface area (Å²) < 4.78 is 4.82. The third kappa shape index (κ3) is 2.31. The number of rotatable bonds is 4. The van der Waals surface area contributed by atoms with E-state index in [9.17, 15) is 0 Å². The van der Waals surface area contributed by atoms with Crippen LogP contribution in [-0.2, 0) is 13.0 Å². The number of nitrogens with two attached hydrogens (primary N) is 1. The standard InChI is InChI=1S/C7H13N3O/c1-2-3-4-6-9-7(5-8)11-10-6/h2-5,8H2,1H3. The minimum absolute atomic E-state index is 0.332. The van der Waals surface area contributed by atoms with Crippen molar-refractivity contribution in [1.82, 2.24) is 10.1 Å². The van der Waals surface area contributed by atoms with Crippen LogP contribution in [0.4, 0.5) is 0 Å². The molecule has 4 nitrogen and oxygen atoms in total. The van der Waals surface area contributed by atoms with Crippen LogP contribution in [0.5, 0.6) is 0 Å². The summed E-state index contributed by atoms with van der Waals surface area (Å²) in [7, 11) is 0. The predicted octanol–water partition coefficient (Wildman–Crippen LogP) is 0.871. The summed E-state index contributed by atoms with van der Waals surface area (Å²) in [6, 6.07) is 0. The van der Waals surface area contributed by atoms with Crippen LogP contribution in [0.25, 0.3) is 0 Å². The molecule has 0 fully saturated rings. The second kappa shape index (κ2) is 4.08. The Kier molecular flexibility index (Phi) is 3.04. The van der Waals surface area contributed by atoms with Gasteiger partial charge in [-0.2, -0.15) is 4.98 Å². The van der Waals surface area contributed by atoms with Crippen LogP contribution in [0.3, 0.4) is 0 Å². The molecule has 0 aliphatic rings. The normalized spacial score (nSPS) is 10.4. The highest BCUT2D eigenvalue weighted by Gasteiger charge is 2.02. The van der Waals surface area contributed by atoms with Gasteiger partial charge in [0.05, 0.1) is 6.54 Å². The largest absolute Gasteiger partial charge is 0.338 e. The molecule has 0 aliphatic carbocycles. The Morgan fingerprint density at radius 2 is 2.36 bits per heavy atom. The second-order valence-electron chi connectivity index (χ2n) is 2.41. The van der Waals surface area contributed by atoms with Crippen molar-refractivity contribution in [3.63, 3.8) is 0 Å². The molecule has 1 aromatic rings. The first-order valence-electron chi connectivity index (χ1n) is 3.88. The van der Waals surface area contributed by atoms with Crippen LogP contribution in [0.15, 0.2) is 4.52 Å². The van der Waals surface area contributed by atoms with Gasteiger partial charge in [-0.3, -0.25) is 0 Å². The molecule has 0 atom stereocenters.